The molecular formula is C14H25NO2. The molecule has 3 heteroatoms. The van der Waals surface area contributed by atoms with E-state index in [0.29, 0.717) is 12.6 Å². The van der Waals surface area contributed by atoms with E-state index in [1.165, 1.54) is 19.3 Å². The van der Waals surface area contributed by atoms with Crippen LogP contribution < -0.4 is 5.32 Å². The monoisotopic (exact) mass is 239 g/mol. The second-order valence-electron chi connectivity index (χ2n) is 5.57. The van der Waals surface area contributed by atoms with Crippen molar-refractivity contribution in [3.63, 3.8) is 0 Å². The number of esters is 1. The van der Waals surface area contributed by atoms with Gasteiger partial charge in [-0.1, -0.05) is 13.3 Å². The van der Waals surface area contributed by atoms with E-state index in [9.17, 15) is 4.79 Å². The van der Waals surface area contributed by atoms with Crippen LogP contribution in [0.5, 0.6) is 0 Å². The van der Waals surface area contributed by atoms with E-state index in [4.69, 9.17) is 4.74 Å². The summed E-state index contributed by atoms with van der Waals surface area (Å²) in [6.45, 7) is 4.63. The third-order valence-electron chi connectivity index (χ3n) is 4.26. The first-order valence-corrected chi connectivity index (χ1v) is 7.15. The Hall–Kier alpha value is -0.570. The summed E-state index contributed by atoms with van der Waals surface area (Å²) in [4.78, 5) is 12.2. The predicted molar refractivity (Wildman–Crippen MR) is 67.8 cm³/mol. The zero-order valence-corrected chi connectivity index (χ0v) is 11.1. The van der Waals surface area contributed by atoms with E-state index >= 15 is 0 Å². The summed E-state index contributed by atoms with van der Waals surface area (Å²) in [7, 11) is 0. The molecule has 0 aliphatic heterocycles. The van der Waals surface area contributed by atoms with Gasteiger partial charge in [-0.15, -0.1) is 0 Å². The standard InChI is InChI=1S/C14H25NO2/c1-3-11-7-9-14(10-8-11,13(16)17-4-2)15-12-5-6-12/h11-12,15H,3-10H2,1-2H3. The topological polar surface area (TPSA) is 38.3 Å². The number of hydrogen-bond acceptors (Lipinski definition) is 3. The maximum absolute atomic E-state index is 12.2. The van der Waals surface area contributed by atoms with Crippen molar-refractivity contribution in [1.82, 2.24) is 5.32 Å². The smallest absolute Gasteiger partial charge is 0.326 e. The Bertz CT molecular complexity index is 265. The summed E-state index contributed by atoms with van der Waals surface area (Å²) in [5, 5.41) is 3.56. The van der Waals surface area contributed by atoms with Gasteiger partial charge in [-0.25, -0.2) is 0 Å². The van der Waals surface area contributed by atoms with Crippen LogP contribution in [0.1, 0.15) is 58.8 Å². The van der Waals surface area contributed by atoms with Gasteiger partial charge in [0.15, 0.2) is 0 Å². The van der Waals surface area contributed by atoms with Crippen LogP contribution in [0.4, 0.5) is 0 Å². The lowest BCUT2D eigenvalue weighted by atomic mass is 9.75. The normalized spacial score (nSPS) is 33.4. The average Bonchev–Trinajstić information content (AvgIpc) is 3.14. The van der Waals surface area contributed by atoms with Gasteiger partial charge in [0.1, 0.15) is 5.54 Å². The van der Waals surface area contributed by atoms with Gasteiger partial charge in [-0.3, -0.25) is 10.1 Å². The summed E-state index contributed by atoms with van der Waals surface area (Å²) in [5.74, 6) is 0.792. The minimum absolute atomic E-state index is 0.0125. The predicted octanol–water partition coefficient (Wildman–Crippen LogP) is 2.64. The van der Waals surface area contributed by atoms with Gasteiger partial charge in [0.2, 0.25) is 0 Å². The molecule has 17 heavy (non-hydrogen) atoms. The second kappa shape index (κ2) is 5.38. The molecule has 0 bridgehead atoms. The SMILES string of the molecule is CCOC(=O)C1(NC2CC2)CCC(CC)CC1. The lowest BCUT2D eigenvalue weighted by molar-refractivity contribution is -0.153. The van der Waals surface area contributed by atoms with E-state index in [1.54, 1.807) is 0 Å². The molecular weight excluding hydrogens is 214 g/mol. The van der Waals surface area contributed by atoms with Crippen molar-refractivity contribution in [2.45, 2.75) is 70.4 Å². The molecule has 2 rings (SSSR count). The van der Waals surface area contributed by atoms with Crippen LogP contribution in [0.2, 0.25) is 0 Å². The Morgan fingerprint density at radius 1 is 1.24 bits per heavy atom. The Labute approximate surface area is 104 Å². The highest BCUT2D eigenvalue weighted by Crippen LogP contribution is 2.37. The van der Waals surface area contributed by atoms with E-state index in [-0.39, 0.29) is 11.5 Å². The van der Waals surface area contributed by atoms with E-state index < -0.39 is 0 Å². The molecule has 0 aromatic heterocycles. The van der Waals surface area contributed by atoms with Gasteiger partial charge in [0, 0.05) is 6.04 Å². The number of ether oxygens (including phenoxy) is 1. The lowest BCUT2D eigenvalue weighted by Gasteiger charge is -2.38. The van der Waals surface area contributed by atoms with Crippen LogP contribution in [-0.2, 0) is 9.53 Å². The molecule has 0 aromatic carbocycles. The second-order valence-corrected chi connectivity index (χ2v) is 5.57. The van der Waals surface area contributed by atoms with Crippen molar-refractivity contribution in [3.05, 3.63) is 0 Å². The molecule has 3 nitrogen and oxygen atoms in total. The van der Waals surface area contributed by atoms with Crippen molar-refractivity contribution in [3.8, 4) is 0 Å². The Balaban J connectivity index is 1.99. The van der Waals surface area contributed by atoms with Crippen molar-refractivity contribution >= 4 is 5.97 Å². The van der Waals surface area contributed by atoms with Crippen LogP contribution in [0.15, 0.2) is 0 Å². The summed E-state index contributed by atoms with van der Waals surface area (Å²) in [6, 6.07) is 0.567. The molecule has 0 heterocycles. The van der Waals surface area contributed by atoms with Crippen LogP contribution in [0.3, 0.4) is 0 Å². The fraction of sp³-hybridized carbons (Fsp3) is 0.929. The quantitative estimate of drug-likeness (QED) is 0.750. The molecule has 2 saturated carbocycles. The van der Waals surface area contributed by atoms with Gasteiger partial charge in [0.25, 0.3) is 0 Å². The molecule has 98 valence electrons. The first-order valence-electron chi connectivity index (χ1n) is 7.15. The summed E-state index contributed by atoms with van der Waals surface area (Å²) >= 11 is 0. The fourth-order valence-electron chi connectivity index (χ4n) is 2.87. The molecule has 0 aromatic rings. The van der Waals surface area contributed by atoms with Crippen molar-refractivity contribution in [2.75, 3.05) is 6.61 Å². The number of carbonyl (C=O) groups is 1. The van der Waals surface area contributed by atoms with E-state index in [2.05, 4.69) is 12.2 Å². The lowest BCUT2D eigenvalue weighted by Crippen LogP contribution is -2.55. The van der Waals surface area contributed by atoms with Crippen molar-refractivity contribution in [2.24, 2.45) is 5.92 Å². The van der Waals surface area contributed by atoms with Crippen LogP contribution in [0.25, 0.3) is 0 Å². The largest absolute Gasteiger partial charge is 0.465 e. The highest BCUT2D eigenvalue weighted by atomic mass is 16.5. The Kier molecular flexibility index (Phi) is 4.08. The summed E-state index contributed by atoms with van der Waals surface area (Å²) in [6.07, 6.45) is 7.92. The first kappa shape index (κ1) is 12.9. The summed E-state index contributed by atoms with van der Waals surface area (Å²) in [5.41, 5.74) is -0.358. The number of nitrogens with one attached hydrogen (secondary N) is 1. The highest BCUT2D eigenvalue weighted by Gasteiger charge is 2.45. The Morgan fingerprint density at radius 2 is 1.88 bits per heavy atom. The fourth-order valence-corrected chi connectivity index (χ4v) is 2.87. The first-order chi connectivity index (χ1) is 8.20. The molecule has 0 saturated heterocycles. The molecule has 1 N–H and O–H groups in total. The third-order valence-corrected chi connectivity index (χ3v) is 4.26. The molecule has 2 aliphatic rings. The van der Waals surface area contributed by atoms with E-state index in [0.717, 1.165) is 31.6 Å². The maximum atomic E-state index is 12.2. The molecule has 2 aliphatic carbocycles. The zero-order chi connectivity index (χ0) is 12.3. The van der Waals surface area contributed by atoms with Crippen LogP contribution in [-0.4, -0.2) is 24.2 Å². The average molecular weight is 239 g/mol. The van der Waals surface area contributed by atoms with Gasteiger partial charge < -0.3 is 4.74 Å². The van der Waals surface area contributed by atoms with Gasteiger partial charge >= 0.3 is 5.97 Å². The van der Waals surface area contributed by atoms with Gasteiger partial charge in [-0.2, -0.15) is 0 Å². The minimum atomic E-state index is -0.358. The van der Waals surface area contributed by atoms with Crippen molar-refractivity contribution in [1.29, 1.82) is 0 Å². The summed E-state index contributed by atoms with van der Waals surface area (Å²) < 4.78 is 5.28. The van der Waals surface area contributed by atoms with Gasteiger partial charge in [0.05, 0.1) is 6.61 Å². The molecule has 0 spiro atoms. The molecule has 0 radical (unpaired) electrons. The van der Waals surface area contributed by atoms with Crippen LogP contribution in [0, 0.1) is 5.92 Å². The molecule has 2 fully saturated rings. The van der Waals surface area contributed by atoms with Crippen molar-refractivity contribution < 1.29 is 9.53 Å². The molecule has 0 atom stereocenters. The zero-order valence-electron chi connectivity index (χ0n) is 11.1. The number of carbonyl (C=O) groups excluding carboxylic acids is 1. The third kappa shape index (κ3) is 3.01. The number of hydrogen-bond donors (Lipinski definition) is 1. The maximum Gasteiger partial charge on any atom is 0.326 e. The van der Waals surface area contributed by atoms with Crippen LogP contribution >= 0.6 is 0 Å². The van der Waals surface area contributed by atoms with Gasteiger partial charge in [-0.05, 0) is 51.4 Å². The Morgan fingerprint density at radius 3 is 2.35 bits per heavy atom. The van der Waals surface area contributed by atoms with E-state index in [1.807, 2.05) is 6.92 Å². The number of rotatable bonds is 5. The minimum Gasteiger partial charge on any atom is -0.465 e. The molecule has 0 unspecified atom stereocenters. The molecule has 0 amide bonds. The highest BCUT2D eigenvalue weighted by molar-refractivity contribution is 5.81.